The van der Waals surface area contributed by atoms with E-state index in [9.17, 15) is 35.0 Å². The van der Waals surface area contributed by atoms with Gasteiger partial charge in [0.05, 0.1) is 16.3 Å². The number of nitro benzene ring substituents is 1. The first kappa shape index (κ1) is 23.9. The Bertz CT molecular complexity index is 1260. The summed E-state index contributed by atoms with van der Waals surface area (Å²) in [7, 11) is 0. The van der Waals surface area contributed by atoms with E-state index in [1.54, 1.807) is 37.3 Å². The van der Waals surface area contributed by atoms with Crippen molar-refractivity contribution >= 4 is 34.7 Å². The second kappa shape index (κ2) is 10.2. The summed E-state index contributed by atoms with van der Waals surface area (Å²) in [6.07, 6.45) is 0. The number of aromatic hydroxyl groups is 1. The molecule has 0 spiro atoms. The smallest absolute Gasteiger partial charge is 0.323 e. The minimum atomic E-state index is -1.21. The van der Waals surface area contributed by atoms with E-state index >= 15 is 0 Å². The van der Waals surface area contributed by atoms with Gasteiger partial charge < -0.3 is 20.2 Å². The number of aliphatic carboxylic acids is 2. The Morgan fingerprint density at radius 2 is 1.50 bits per heavy atom. The van der Waals surface area contributed by atoms with Crippen molar-refractivity contribution in [3.05, 3.63) is 76.3 Å². The molecule has 0 heterocycles. The molecule has 0 saturated carbocycles. The van der Waals surface area contributed by atoms with Crippen molar-refractivity contribution in [3.63, 3.8) is 0 Å². The SMILES string of the molecule is Cc1cc(N=Nc2ccc([N+](=O)[O-])cc2)cc(-c2ccccc2N(CC(=O)O)CC(=O)O)c1O. The first-order chi connectivity index (χ1) is 16.2. The molecule has 3 N–H and O–H groups in total. The fraction of sp³-hybridized carbons (Fsp3) is 0.130. The number of carbonyl (C=O) groups is 2. The van der Waals surface area contributed by atoms with Gasteiger partial charge in [0.15, 0.2) is 0 Å². The summed E-state index contributed by atoms with van der Waals surface area (Å²) >= 11 is 0. The number of hydrogen-bond acceptors (Lipinski definition) is 8. The zero-order chi connectivity index (χ0) is 24.8. The van der Waals surface area contributed by atoms with Crippen molar-refractivity contribution in [1.82, 2.24) is 0 Å². The topological polar surface area (TPSA) is 166 Å². The fourth-order valence-corrected chi connectivity index (χ4v) is 3.31. The molecule has 0 radical (unpaired) electrons. The summed E-state index contributed by atoms with van der Waals surface area (Å²) in [4.78, 5) is 34.1. The van der Waals surface area contributed by atoms with Crippen molar-refractivity contribution in [3.8, 4) is 16.9 Å². The number of azo groups is 1. The van der Waals surface area contributed by atoms with Crippen LogP contribution in [-0.4, -0.2) is 45.3 Å². The number of non-ortho nitro benzene ring substituents is 1. The Hall–Kier alpha value is -4.80. The summed E-state index contributed by atoms with van der Waals surface area (Å²) < 4.78 is 0. The molecule has 0 aliphatic rings. The third-order valence-corrected chi connectivity index (χ3v) is 4.81. The largest absolute Gasteiger partial charge is 0.507 e. The van der Waals surface area contributed by atoms with Gasteiger partial charge >= 0.3 is 11.9 Å². The predicted molar refractivity (Wildman–Crippen MR) is 123 cm³/mol. The highest BCUT2D eigenvalue weighted by atomic mass is 16.6. The number of nitro groups is 1. The van der Waals surface area contributed by atoms with Crippen molar-refractivity contribution in [2.45, 2.75) is 6.92 Å². The molecule has 0 fully saturated rings. The Kier molecular flexibility index (Phi) is 7.16. The second-order valence-electron chi connectivity index (χ2n) is 7.29. The van der Waals surface area contributed by atoms with E-state index in [1.165, 1.54) is 35.2 Å². The van der Waals surface area contributed by atoms with Crippen LogP contribution in [0, 0.1) is 17.0 Å². The van der Waals surface area contributed by atoms with Crippen LogP contribution in [0.3, 0.4) is 0 Å². The summed E-state index contributed by atoms with van der Waals surface area (Å²) in [6.45, 7) is 0.545. The lowest BCUT2D eigenvalue weighted by Crippen LogP contribution is -2.34. The van der Waals surface area contributed by atoms with Gasteiger partial charge in [0.1, 0.15) is 18.8 Å². The van der Waals surface area contributed by atoms with Crippen LogP contribution in [0.4, 0.5) is 22.7 Å². The molecular formula is C23H20N4O7. The lowest BCUT2D eigenvalue weighted by atomic mass is 9.98. The Labute approximate surface area is 193 Å². The Morgan fingerprint density at radius 1 is 0.912 bits per heavy atom. The highest BCUT2D eigenvalue weighted by Gasteiger charge is 2.20. The van der Waals surface area contributed by atoms with E-state index in [4.69, 9.17) is 0 Å². The van der Waals surface area contributed by atoms with Crippen LogP contribution in [0.5, 0.6) is 5.75 Å². The molecule has 0 aliphatic heterocycles. The van der Waals surface area contributed by atoms with Gasteiger partial charge in [0, 0.05) is 28.9 Å². The molecular weight excluding hydrogens is 444 g/mol. The predicted octanol–water partition coefficient (Wildman–Crippen LogP) is 4.67. The van der Waals surface area contributed by atoms with Crippen molar-refractivity contribution in [1.29, 1.82) is 0 Å². The third kappa shape index (κ3) is 5.71. The number of phenols is 1. The van der Waals surface area contributed by atoms with E-state index in [1.807, 2.05) is 0 Å². The highest BCUT2D eigenvalue weighted by Crippen LogP contribution is 2.40. The molecule has 0 saturated heterocycles. The number of benzene rings is 3. The minimum absolute atomic E-state index is 0.0765. The number of phenolic OH excluding ortho intramolecular Hbond substituents is 1. The molecule has 0 amide bonds. The number of anilines is 1. The van der Waals surface area contributed by atoms with Crippen LogP contribution in [0.1, 0.15) is 5.56 Å². The number of para-hydroxylation sites is 1. The van der Waals surface area contributed by atoms with Crippen molar-refractivity contribution in [2.75, 3.05) is 18.0 Å². The quantitative estimate of drug-likeness (QED) is 0.233. The normalized spacial score (nSPS) is 10.9. The first-order valence-electron chi connectivity index (χ1n) is 9.93. The maximum atomic E-state index is 11.3. The van der Waals surface area contributed by atoms with E-state index < -0.39 is 30.0 Å². The first-order valence-corrected chi connectivity index (χ1v) is 9.93. The number of carboxylic acids is 2. The molecule has 0 aromatic heterocycles. The maximum Gasteiger partial charge on any atom is 0.323 e. The van der Waals surface area contributed by atoms with Gasteiger partial charge in [-0.05, 0) is 42.8 Å². The van der Waals surface area contributed by atoms with Gasteiger partial charge in [0.2, 0.25) is 0 Å². The minimum Gasteiger partial charge on any atom is -0.507 e. The van der Waals surface area contributed by atoms with E-state index in [0.29, 0.717) is 33.8 Å². The van der Waals surface area contributed by atoms with E-state index in [2.05, 4.69) is 10.2 Å². The van der Waals surface area contributed by atoms with Crippen LogP contribution >= 0.6 is 0 Å². The Morgan fingerprint density at radius 3 is 2.09 bits per heavy atom. The number of rotatable bonds is 9. The third-order valence-electron chi connectivity index (χ3n) is 4.81. The van der Waals surface area contributed by atoms with E-state index in [0.717, 1.165) is 0 Å². The molecule has 0 unspecified atom stereocenters. The van der Waals surface area contributed by atoms with Gasteiger partial charge in [-0.15, -0.1) is 0 Å². The van der Waals surface area contributed by atoms with Gasteiger partial charge in [-0.25, -0.2) is 0 Å². The average Bonchev–Trinajstić information content (AvgIpc) is 2.79. The zero-order valence-electron chi connectivity index (χ0n) is 18.0. The number of aryl methyl sites for hydroxylation is 1. The molecule has 11 heteroatoms. The van der Waals surface area contributed by atoms with Gasteiger partial charge in [0.25, 0.3) is 5.69 Å². The van der Waals surface area contributed by atoms with Gasteiger partial charge in [-0.1, -0.05) is 18.2 Å². The van der Waals surface area contributed by atoms with Gasteiger partial charge in [-0.2, -0.15) is 10.2 Å². The summed E-state index contributed by atoms with van der Waals surface area (Å²) in [5, 5.41) is 48.2. The second-order valence-corrected chi connectivity index (χ2v) is 7.29. The summed E-state index contributed by atoms with van der Waals surface area (Å²) in [6, 6.07) is 15.1. The lowest BCUT2D eigenvalue weighted by Gasteiger charge is -2.24. The Balaban J connectivity index is 2.03. The monoisotopic (exact) mass is 464 g/mol. The molecule has 174 valence electrons. The lowest BCUT2D eigenvalue weighted by molar-refractivity contribution is -0.384. The van der Waals surface area contributed by atoms with Crippen molar-refractivity contribution in [2.24, 2.45) is 10.2 Å². The van der Waals surface area contributed by atoms with Crippen LogP contribution < -0.4 is 4.90 Å². The van der Waals surface area contributed by atoms with Crippen LogP contribution in [0.25, 0.3) is 11.1 Å². The number of hydrogen-bond donors (Lipinski definition) is 3. The molecule has 3 aromatic rings. The highest BCUT2D eigenvalue weighted by molar-refractivity contribution is 5.88. The van der Waals surface area contributed by atoms with Crippen molar-refractivity contribution < 1.29 is 29.8 Å². The summed E-state index contributed by atoms with van der Waals surface area (Å²) in [5.74, 6) is -2.49. The molecule has 34 heavy (non-hydrogen) atoms. The molecule has 11 nitrogen and oxygen atoms in total. The molecule has 0 bridgehead atoms. The molecule has 0 aliphatic carbocycles. The zero-order valence-corrected chi connectivity index (χ0v) is 18.0. The van der Waals surface area contributed by atoms with Gasteiger partial charge in [-0.3, -0.25) is 19.7 Å². The van der Waals surface area contributed by atoms with Crippen LogP contribution in [0.15, 0.2) is 70.9 Å². The number of nitrogens with zero attached hydrogens (tertiary/aromatic N) is 4. The average molecular weight is 464 g/mol. The maximum absolute atomic E-state index is 11.3. The standard InChI is InChI=1S/C23H20N4O7/c1-14-10-16(25-24-15-6-8-17(9-7-15)27(33)34)11-19(23(14)32)18-4-2-3-5-20(18)26(12-21(28)29)13-22(30)31/h2-11,32H,12-13H2,1H3,(H,28,29)(H,30,31). The van der Waals surface area contributed by atoms with Crippen LogP contribution in [0.2, 0.25) is 0 Å². The molecule has 3 rings (SSSR count). The fourth-order valence-electron chi connectivity index (χ4n) is 3.31. The number of carboxylic acid groups (broad SMARTS) is 2. The summed E-state index contributed by atoms with van der Waals surface area (Å²) in [5.41, 5.74) is 2.17. The molecule has 3 aromatic carbocycles. The molecule has 0 atom stereocenters. The van der Waals surface area contributed by atoms with Crippen LogP contribution in [-0.2, 0) is 9.59 Å². The van der Waals surface area contributed by atoms with E-state index in [-0.39, 0.29) is 11.4 Å².